The first kappa shape index (κ1) is 8.43. The van der Waals surface area contributed by atoms with Gasteiger partial charge < -0.3 is 0 Å². The first-order valence-electron chi connectivity index (χ1n) is 3.33. The van der Waals surface area contributed by atoms with Gasteiger partial charge in [-0.1, -0.05) is 13.8 Å². The Hall–Kier alpha value is -0.570. The summed E-state index contributed by atoms with van der Waals surface area (Å²) in [5, 5.41) is 0. The molecule has 0 aliphatic heterocycles. The van der Waals surface area contributed by atoms with E-state index in [1.54, 1.807) is 0 Å². The molecule has 0 bridgehead atoms. The molecule has 0 fully saturated rings. The van der Waals surface area contributed by atoms with Crippen LogP contribution in [0.25, 0.3) is 0 Å². The van der Waals surface area contributed by atoms with Gasteiger partial charge in [-0.25, -0.2) is 5.43 Å². The molecule has 0 atom stereocenters. The average Bonchev–Trinajstić information content (AvgIpc) is 1.85. The van der Waals surface area contributed by atoms with E-state index in [2.05, 4.69) is 10.9 Å². The fourth-order valence-corrected chi connectivity index (χ4v) is 0.477. The van der Waals surface area contributed by atoms with Crippen LogP contribution in [0.15, 0.2) is 0 Å². The molecule has 0 aliphatic rings. The summed E-state index contributed by atoms with van der Waals surface area (Å²) in [6, 6.07) is 0. The van der Waals surface area contributed by atoms with Crippen LogP contribution in [-0.4, -0.2) is 12.5 Å². The van der Waals surface area contributed by atoms with Crippen LogP contribution in [-0.2, 0) is 4.79 Å². The molecule has 0 saturated carbocycles. The molecule has 54 valence electrons. The maximum absolute atomic E-state index is 10.6. The number of carbonyl (C=O) groups excluding carboxylic acids is 1. The molecule has 0 saturated heterocycles. The summed E-state index contributed by atoms with van der Waals surface area (Å²) in [6.07, 6.45) is 1.50. The van der Waals surface area contributed by atoms with Crippen molar-refractivity contribution in [2.24, 2.45) is 0 Å². The Morgan fingerprint density at radius 3 is 2.56 bits per heavy atom. The lowest BCUT2D eigenvalue weighted by atomic mass is 10.3. The van der Waals surface area contributed by atoms with E-state index in [4.69, 9.17) is 0 Å². The molecule has 0 unspecified atom stereocenters. The van der Waals surface area contributed by atoms with Gasteiger partial charge in [0.05, 0.1) is 0 Å². The van der Waals surface area contributed by atoms with Crippen molar-refractivity contribution in [3.63, 3.8) is 0 Å². The lowest BCUT2D eigenvalue weighted by Crippen LogP contribution is -2.36. The van der Waals surface area contributed by atoms with Gasteiger partial charge in [-0.05, 0) is 6.42 Å². The topological polar surface area (TPSA) is 41.1 Å². The number of rotatable bonds is 4. The van der Waals surface area contributed by atoms with Crippen molar-refractivity contribution >= 4 is 5.91 Å². The highest BCUT2D eigenvalue weighted by molar-refractivity contribution is 5.75. The van der Waals surface area contributed by atoms with E-state index in [1.165, 1.54) is 0 Å². The molecule has 9 heavy (non-hydrogen) atoms. The molecule has 0 spiro atoms. The third-order valence-electron chi connectivity index (χ3n) is 0.882. The van der Waals surface area contributed by atoms with E-state index in [1.807, 2.05) is 13.8 Å². The SMILES string of the molecule is CCCC(=O)NNCC. The van der Waals surface area contributed by atoms with Crippen molar-refractivity contribution in [2.45, 2.75) is 26.7 Å². The van der Waals surface area contributed by atoms with Crippen LogP contribution < -0.4 is 10.9 Å². The fraction of sp³-hybridized carbons (Fsp3) is 0.833. The van der Waals surface area contributed by atoms with Crippen LogP contribution in [0.2, 0.25) is 0 Å². The lowest BCUT2D eigenvalue weighted by Gasteiger charge is -2.01. The molecule has 0 aromatic heterocycles. The molecular weight excluding hydrogens is 116 g/mol. The zero-order chi connectivity index (χ0) is 7.11. The molecule has 1 amide bonds. The van der Waals surface area contributed by atoms with E-state index in [9.17, 15) is 4.79 Å². The van der Waals surface area contributed by atoms with Crippen molar-refractivity contribution in [1.82, 2.24) is 10.9 Å². The lowest BCUT2D eigenvalue weighted by molar-refractivity contribution is -0.122. The normalized spacial score (nSPS) is 9.11. The summed E-state index contributed by atoms with van der Waals surface area (Å²) in [5.41, 5.74) is 5.28. The zero-order valence-electron chi connectivity index (χ0n) is 6.03. The van der Waals surface area contributed by atoms with Crippen LogP contribution in [0.4, 0.5) is 0 Å². The predicted octanol–water partition coefficient (Wildman–Crippen LogP) is 0.427. The van der Waals surface area contributed by atoms with Crippen LogP contribution >= 0.6 is 0 Å². The van der Waals surface area contributed by atoms with Gasteiger partial charge in [0, 0.05) is 13.0 Å². The minimum atomic E-state index is 0.0688. The molecule has 2 N–H and O–H groups in total. The summed E-state index contributed by atoms with van der Waals surface area (Å²) in [5.74, 6) is 0.0688. The highest BCUT2D eigenvalue weighted by Crippen LogP contribution is 1.82. The van der Waals surface area contributed by atoms with Gasteiger partial charge in [0.15, 0.2) is 0 Å². The minimum absolute atomic E-state index is 0.0688. The third-order valence-corrected chi connectivity index (χ3v) is 0.882. The second-order valence-corrected chi connectivity index (χ2v) is 1.83. The molecule has 0 radical (unpaired) electrons. The van der Waals surface area contributed by atoms with Gasteiger partial charge in [-0.3, -0.25) is 10.2 Å². The molecule has 0 aromatic rings. The Bertz CT molecular complexity index is 83.1. The first-order chi connectivity index (χ1) is 4.31. The van der Waals surface area contributed by atoms with Gasteiger partial charge in [-0.15, -0.1) is 0 Å². The number of hydrogen-bond donors (Lipinski definition) is 2. The van der Waals surface area contributed by atoms with Gasteiger partial charge >= 0.3 is 0 Å². The molecule has 3 heteroatoms. The maximum atomic E-state index is 10.6. The van der Waals surface area contributed by atoms with Crippen molar-refractivity contribution < 1.29 is 4.79 Å². The Morgan fingerprint density at radius 1 is 1.44 bits per heavy atom. The summed E-state index contributed by atoms with van der Waals surface area (Å²) in [7, 11) is 0. The highest BCUT2D eigenvalue weighted by atomic mass is 16.2. The second-order valence-electron chi connectivity index (χ2n) is 1.83. The van der Waals surface area contributed by atoms with E-state index in [0.717, 1.165) is 13.0 Å². The van der Waals surface area contributed by atoms with E-state index < -0.39 is 0 Å². The standard InChI is InChI=1S/C6H14N2O/c1-3-5-6(9)8-7-4-2/h7H,3-5H2,1-2H3,(H,8,9). The first-order valence-corrected chi connectivity index (χ1v) is 3.33. The Morgan fingerprint density at radius 2 is 2.11 bits per heavy atom. The van der Waals surface area contributed by atoms with Crippen molar-refractivity contribution in [3.8, 4) is 0 Å². The van der Waals surface area contributed by atoms with Gasteiger partial charge in [-0.2, -0.15) is 0 Å². The van der Waals surface area contributed by atoms with Crippen LogP contribution in [0.3, 0.4) is 0 Å². The minimum Gasteiger partial charge on any atom is -0.292 e. The fourth-order valence-electron chi connectivity index (χ4n) is 0.477. The molecular formula is C6H14N2O. The van der Waals surface area contributed by atoms with Crippen LogP contribution in [0.5, 0.6) is 0 Å². The van der Waals surface area contributed by atoms with E-state index in [-0.39, 0.29) is 5.91 Å². The highest BCUT2D eigenvalue weighted by Gasteiger charge is 1.93. The molecule has 0 aliphatic carbocycles. The van der Waals surface area contributed by atoms with Crippen molar-refractivity contribution in [3.05, 3.63) is 0 Å². The third kappa shape index (κ3) is 5.30. The molecule has 3 nitrogen and oxygen atoms in total. The van der Waals surface area contributed by atoms with Crippen molar-refractivity contribution in [2.75, 3.05) is 6.54 Å². The van der Waals surface area contributed by atoms with Crippen LogP contribution in [0.1, 0.15) is 26.7 Å². The van der Waals surface area contributed by atoms with E-state index >= 15 is 0 Å². The summed E-state index contributed by atoms with van der Waals surface area (Å²) < 4.78 is 0. The predicted molar refractivity (Wildman–Crippen MR) is 36.7 cm³/mol. The number of carbonyl (C=O) groups is 1. The second kappa shape index (κ2) is 5.56. The van der Waals surface area contributed by atoms with Gasteiger partial charge in [0.25, 0.3) is 0 Å². The van der Waals surface area contributed by atoms with Crippen LogP contribution in [0, 0.1) is 0 Å². The Kier molecular flexibility index (Phi) is 5.21. The Labute approximate surface area is 55.8 Å². The maximum Gasteiger partial charge on any atom is 0.234 e. The largest absolute Gasteiger partial charge is 0.292 e. The summed E-state index contributed by atoms with van der Waals surface area (Å²) in [4.78, 5) is 10.6. The number of nitrogens with one attached hydrogen (secondary N) is 2. The van der Waals surface area contributed by atoms with Gasteiger partial charge in [0.1, 0.15) is 0 Å². The smallest absolute Gasteiger partial charge is 0.234 e. The summed E-state index contributed by atoms with van der Waals surface area (Å²) in [6.45, 7) is 4.69. The molecule has 0 aromatic carbocycles. The number of hydrazine groups is 1. The number of amides is 1. The Balaban J connectivity index is 3.06. The van der Waals surface area contributed by atoms with Gasteiger partial charge in [0.2, 0.25) is 5.91 Å². The number of hydrogen-bond acceptors (Lipinski definition) is 2. The van der Waals surface area contributed by atoms with E-state index in [0.29, 0.717) is 6.42 Å². The monoisotopic (exact) mass is 130 g/mol. The quantitative estimate of drug-likeness (QED) is 0.542. The molecule has 0 heterocycles. The summed E-state index contributed by atoms with van der Waals surface area (Å²) >= 11 is 0. The zero-order valence-corrected chi connectivity index (χ0v) is 6.03. The molecule has 0 rings (SSSR count). The van der Waals surface area contributed by atoms with Crippen molar-refractivity contribution in [1.29, 1.82) is 0 Å². The average molecular weight is 130 g/mol.